The molecular weight excluding hydrogens is 544 g/mol. The summed E-state index contributed by atoms with van der Waals surface area (Å²) in [6, 6.07) is 21.6. The van der Waals surface area contributed by atoms with E-state index in [1.165, 1.54) is 38.0 Å². The van der Waals surface area contributed by atoms with Gasteiger partial charge in [0.15, 0.2) is 11.6 Å². The van der Waals surface area contributed by atoms with Crippen LogP contribution >= 0.6 is 11.6 Å². The molecule has 4 aromatic rings. The summed E-state index contributed by atoms with van der Waals surface area (Å²) in [5.41, 5.74) is 2.96. The predicted molar refractivity (Wildman–Crippen MR) is 158 cm³/mol. The van der Waals surface area contributed by atoms with Gasteiger partial charge in [-0.15, -0.1) is 0 Å². The number of ketones is 2. The first-order valence-electron chi connectivity index (χ1n) is 12.8. The Balaban J connectivity index is 1.74. The zero-order valence-electron chi connectivity index (χ0n) is 22.8. The van der Waals surface area contributed by atoms with E-state index >= 15 is 0 Å². The summed E-state index contributed by atoms with van der Waals surface area (Å²) in [6.07, 6.45) is 1.24. The fourth-order valence-electron chi connectivity index (χ4n) is 4.59. The van der Waals surface area contributed by atoms with Crippen molar-refractivity contribution in [3.8, 4) is 16.9 Å². The number of hydrogen-bond acceptors (Lipinski definition) is 6. The van der Waals surface area contributed by atoms with Gasteiger partial charge in [0, 0.05) is 40.7 Å². The first-order chi connectivity index (χ1) is 19.7. The molecule has 1 aromatic heterocycles. The van der Waals surface area contributed by atoms with Gasteiger partial charge in [-0.05, 0) is 53.9 Å². The largest absolute Gasteiger partial charge is 0.495 e. The Morgan fingerprint density at radius 1 is 0.902 bits per heavy atom. The second kappa shape index (κ2) is 13.1. The number of nitrogens with zero attached hydrogens (tertiary/aromatic N) is 1. The topological polar surface area (TPSA) is 104 Å². The number of benzene rings is 3. The molecule has 1 N–H and O–H groups in total. The number of methoxy groups -OCH3 is 2. The van der Waals surface area contributed by atoms with Crippen LogP contribution in [0.15, 0.2) is 89.9 Å². The Morgan fingerprint density at radius 2 is 1.61 bits per heavy atom. The second-order valence-electron chi connectivity index (χ2n) is 9.41. The minimum atomic E-state index is -0.840. The molecule has 1 amide bonds. The average molecular weight is 573 g/mol. The van der Waals surface area contributed by atoms with Crippen molar-refractivity contribution < 1.29 is 23.9 Å². The van der Waals surface area contributed by atoms with Gasteiger partial charge in [-0.2, -0.15) is 0 Å². The molecule has 1 heterocycles. The molecule has 8 nitrogen and oxygen atoms in total. The maximum absolute atomic E-state index is 13.8. The molecule has 0 radical (unpaired) electrons. The fraction of sp³-hybridized carbons (Fsp3) is 0.188. The van der Waals surface area contributed by atoms with Gasteiger partial charge >= 0.3 is 6.09 Å². The van der Waals surface area contributed by atoms with E-state index in [4.69, 9.17) is 16.3 Å². The third-order valence-electron chi connectivity index (χ3n) is 6.66. The van der Waals surface area contributed by atoms with Crippen LogP contribution in [0.5, 0.6) is 5.75 Å². The molecule has 0 bridgehead atoms. The Bertz CT molecular complexity index is 1630. The van der Waals surface area contributed by atoms with E-state index in [1.807, 2.05) is 30.3 Å². The first-order valence-corrected chi connectivity index (χ1v) is 13.2. The normalized spacial score (nSPS) is 11.4. The molecule has 0 aliphatic carbocycles. The van der Waals surface area contributed by atoms with Gasteiger partial charge in [0.1, 0.15) is 5.75 Å². The van der Waals surface area contributed by atoms with Crippen molar-refractivity contribution >= 4 is 34.9 Å². The molecule has 1 atom stereocenters. The third kappa shape index (κ3) is 7.10. The lowest BCUT2D eigenvalue weighted by Crippen LogP contribution is -2.32. The van der Waals surface area contributed by atoms with Crippen LogP contribution in [0.25, 0.3) is 11.1 Å². The van der Waals surface area contributed by atoms with Gasteiger partial charge < -0.3 is 14.0 Å². The molecule has 9 heteroatoms. The molecule has 0 fully saturated rings. The smallest absolute Gasteiger partial charge is 0.411 e. The first kappa shape index (κ1) is 29.3. The molecule has 3 aromatic carbocycles. The van der Waals surface area contributed by atoms with Crippen LogP contribution in [0.3, 0.4) is 0 Å². The minimum Gasteiger partial charge on any atom is -0.495 e. The van der Waals surface area contributed by atoms with Crippen molar-refractivity contribution in [2.45, 2.75) is 25.8 Å². The Labute approximate surface area is 242 Å². The summed E-state index contributed by atoms with van der Waals surface area (Å²) in [7, 11) is 2.74. The number of ether oxygens (including phenoxy) is 2. The number of nitrogens with one attached hydrogen (secondary N) is 1. The summed E-state index contributed by atoms with van der Waals surface area (Å²) in [5, 5.41) is 2.98. The molecule has 210 valence electrons. The van der Waals surface area contributed by atoms with Crippen molar-refractivity contribution in [3.05, 3.63) is 117 Å². The summed E-state index contributed by atoms with van der Waals surface area (Å²) >= 11 is 6.23. The molecule has 4 rings (SSSR count). The number of rotatable bonds is 10. The fourth-order valence-corrected chi connectivity index (χ4v) is 4.76. The third-order valence-corrected chi connectivity index (χ3v) is 6.89. The van der Waals surface area contributed by atoms with Crippen molar-refractivity contribution in [1.82, 2.24) is 4.57 Å². The maximum Gasteiger partial charge on any atom is 0.411 e. The number of carbonyl (C=O) groups excluding carboxylic acids is 3. The zero-order valence-corrected chi connectivity index (χ0v) is 23.6. The van der Waals surface area contributed by atoms with Crippen LogP contribution in [0, 0.1) is 0 Å². The van der Waals surface area contributed by atoms with Crippen LogP contribution in [-0.2, 0) is 22.4 Å². The number of anilines is 1. The zero-order chi connectivity index (χ0) is 29.5. The molecule has 0 unspecified atom stereocenters. The van der Waals surface area contributed by atoms with Crippen LogP contribution in [0.1, 0.15) is 34.5 Å². The summed E-state index contributed by atoms with van der Waals surface area (Å²) in [6.45, 7) is 1.44. The van der Waals surface area contributed by atoms with E-state index in [-0.39, 0.29) is 24.4 Å². The molecule has 0 spiro atoms. The van der Waals surface area contributed by atoms with Gasteiger partial charge in [0.05, 0.1) is 26.5 Å². The highest BCUT2D eigenvalue weighted by molar-refractivity contribution is 6.31. The molecule has 0 aliphatic rings. The summed E-state index contributed by atoms with van der Waals surface area (Å²) in [4.78, 5) is 51.2. The predicted octanol–water partition coefficient (Wildman–Crippen LogP) is 6.15. The van der Waals surface area contributed by atoms with E-state index in [2.05, 4.69) is 10.1 Å². The van der Waals surface area contributed by atoms with Crippen LogP contribution in [0.4, 0.5) is 10.5 Å². The van der Waals surface area contributed by atoms with Gasteiger partial charge in [-0.3, -0.25) is 19.7 Å². The Morgan fingerprint density at radius 3 is 2.24 bits per heavy atom. The van der Waals surface area contributed by atoms with Crippen LogP contribution in [0.2, 0.25) is 5.02 Å². The highest BCUT2D eigenvalue weighted by Gasteiger charge is 2.25. The molecular formula is C32H29ClN2O6. The van der Waals surface area contributed by atoms with E-state index in [0.717, 1.165) is 5.56 Å². The molecule has 0 saturated heterocycles. The van der Waals surface area contributed by atoms with Gasteiger partial charge in [0.25, 0.3) is 5.56 Å². The Hall–Kier alpha value is -4.69. The van der Waals surface area contributed by atoms with Crippen molar-refractivity contribution in [2.75, 3.05) is 19.5 Å². The lowest BCUT2D eigenvalue weighted by atomic mass is 9.95. The number of carbonyl (C=O) groups is 3. The van der Waals surface area contributed by atoms with Crippen molar-refractivity contribution in [3.63, 3.8) is 0 Å². The Kier molecular flexibility index (Phi) is 9.37. The van der Waals surface area contributed by atoms with Gasteiger partial charge in [0.2, 0.25) is 0 Å². The van der Waals surface area contributed by atoms with Crippen molar-refractivity contribution in [2.24, 2.45) is 0 Å². The number of aromatic nitrogens is 1. The monoisotopic (exact) mass is 572 g/mol. The van der Waals surface area contributed by atoms with Crippen LogP contribution in [-0.4, -0.2) is 36.4 Å². The van der Waals surface area contributed by atoms with E-state index in [9.17, 15) is 19.2 Å². The molecule has 0 saturated carbocycles. The quantitative estimate of drug-likeness (QED) is 0.228. The number of pyridine rings is 1. The second-order valence-corrected chi connectivity index (χ2v) is 9.85. The highest BCUT2D eigenvalue weighted by atomic mass is 35.5. The van der Waals surface area contributed by atoms with Crippen molar-refractivity contribution in [1.29, 1.82) is 0 Å². The SMILES string of the molecule is COC(=O)Nc1ccc(CC(=O)[C@H](Cc2ccccc2)n2cc(OC)c(-c3cc(Cl)ccc3C(C)=O)cc2=O)cc1. The van der Waals surface area contributed by atoms with E-state index < -0.39 is 17.7 Å². The van der Waals surface area contributed by atoms with Crippen LogP contribution < -0.4 is 15.6 Å². The molecule has 41 heavy (non-hydrogen) atoms. The number of Topliss-reactive ketones (excluding diaryl/α,β-unsaturated/α-hetero) is 2. The average Bonchev–Trinajstić information content (AvgIpc) is 2.97. The molecule has 0 aliphatic heterocycles. The van der Waals surface area contributed by atoms with E-state index in [0.29, 0.717) is 38.7 Å². The summed E-state index contributed by atoms with van der Waals surface area (Å²) < 4.78 is 11.6. The standard InChI is InChI=1S/C32H29ClN2O6/c1-20(36)25-14-11-23(33)17-26(25)27-18-31(38)35(19-30(27)40-2)28(15-21-7-5-4-6-8-21)29(37)16-22-9-12-24(13-10-22)34-32(39)41-3/h4-14,17-19,28H,15-16H2,1-3H3,(H,34,39)/t28-/m0/s1. The van der Waals surface area contributed by atoms with E-state index in [1.54, 1.807) is 42.5 Å². The van der Waals surface area contributed by atoms with Gasteiger partial charge in [-0.25, -0.2) is 4.79 Å². The number of amides is 1. The maximum atomic E-state index is 13.8. The minimum absolute atomic E-state index is 0.0509. The summed E-state index contributed by atoms with van der Waals surface area (Å²) in [5.74, 6) is -0.0575. The lowest BCUT2D eigenvalue weighted by molar-refractivity contribution is -0.121. The number of hydrogen-bond donors (Lipinski definition) is 1. The lowest BCUT2D eigenvalue weighted by Gasteiger charge is -2.22. The number of halogens is 1. The van der Waals surface area contributed by atoms with Gasteiger partial charge in [-0.1, -0.05) is 54.1 Å². The highest BCUT2D eigenvalue weighted by Crippen LogP contribution is 2.34.